The van der Waals surface area contributed by atoms with E-state index < -0.39 is 28.5 Å². The van der Waals surface area contributed by atoms with Crippen LogP contribution in [0.2, 0.25) is 10.0 Å². The Morgan fingerprint density at radius 1 is 0.787 bits per heavy atom. The molecule has 0 aliphatic heterocycles. The van der Waals surface area contributed by atoms with Crippen LogP contribution in [0.1, 0.15) is 47.6 Å². The number of anilines is 1. The first-order chi connectivity index (χ1) is 22.4. The quantitative estimate of drug-likeness (QED) is 0.137. The molecule has 0 bridgehead atoms. The van der Waals surface area contributed by atoms with Gasteiger partial charge in [-0.2, -0.15) is 0 Å². The molecule has 47 heavy (non-hydrogen) atoms. The second kappa shape index (κ2) is 16.3. The predicted molar refractivity (Wildman–Crippen MR) is 190 cm³/mol. The Morgan fingerprint density at radius 2 is 1.45 bits per heavy atom. The van der Waals surface area contributed by atoms with Gasteiger partial charge in [-0.25, -0.2) is 8.42 Å². The van der Waals surface area contributed by atoms with Crippen LogP contribution in [-0.4, -0.2) is 44.3 Å². The van der Waals surface area contributed by atoms with E-state index in [1.807, 2.05) is 64.1 Å². The van der Waals surface area contributed by atoms with Crippen LogP contribution in [0, 0.1) is 20.8 Å². The molecule has 0 saturated heterocycles. The Bertz CT molecular complexity index is 1780. The third kappa shape index (κ3) is 9.60. The molecule has 248 valence electrons. The summed E-state index contributed by atoms with van der Waals surface area (Å²) in [7, 11) is -4.19. The first kappa shape index (κ1) is 36.0. The van der Waals surface area contributed by atoms with E-state index in [1.165, 1.54) is 17.0 Å². The zero-order valence-corrected chi connectivity index (χ0v) is 29.5. The van der Waals surface area contributed by atoms with Gasteiger partial charge in [-0.05, 0) is 85.8 Å². The molecule has 1 N–H and O–H groups in total. The molecular weight excluding hydrogens is 653 g/mol. The van der Waals surface area contributed by atoms with Crippen molar-refractivity contribution in [3.05, 3.63) is 129 Å². The molecule has 0 radical (unpaired) electrons. The van der Waals surface area contributed by atoms with Gasteiger partial charge in [0.05, 0.1) is 20.6 Å². The molecule has 4 aromatic rings. The number of halogens is 2. The normalized spacial score (nSPS) is 12.0. The molecular formula is C37H41Cl2N3O4S. The lowest BCUT2D eigenvalue weighted by atomic mass is 10.0. The summed E-state index contributed by atoms with van der Waals surface area (Å²) in [6.45, 7) is 7.58. The van der Waals surface area contributed by atoms with E-state index in [4.69, 9.17) is 23.2 Å². The number of carbonyl (C=O) groups is 2. The molecule has 1 unspecified atom stereocenters. The SMILES string of the molecule is CCCCNC(=O)C(Cc1ccccc1)N(Cc1ccc(Cl)c(Cl)c1)C(=O)CN(c1cc(C)cc(C)c1)S(=O)(=O)c1ccc(C)cc1. The second-order valence-corrected chi connectivity index (χ2v) is 14.5. The van der Waals surface area contributed by atoms with Crippen LogP contribution in [0.3, 0.4) is 0 Å². The second-order valence-electron chi connectivity index (χ2n) is 11.8. The Morgan fingerprint density at radius 3 is 2.06 bits per heavy atom. The van der Waals surface area contributed by atoms with Crippen LogP contribution in [0.15, 0.2) is 95.9 Å². The van der Waals surface area contributed by atoms with Crippen molar-refractivity contribution in [3.63, 3.8) is 0 Å². The Labute approximate surface area is 288 Å². The van der Waals surface area contributed by atoms with Gasteiger partial charge in [-0.3, -0.25) is 13.9 Å². The first-order valence-electron chi connectivity index (χ1n) is 15.6. The van der Waals surface area contributed by atoms with Crippen LogP contribution in [-0.2, 0) is 32.6 Å². The number of hydrogen-bond donors (Lipinski definition) is 1. The summed E-state index contributed by atoms with van der Waals surface area (Å²) in [5.74, 6) is -0.868. The maximum Gasteiger partial charge on any atom is 0.264 e. The van der Waals surface area contributed by atoms with Crippen molar-refractivity contribution >= 4 is 50.7 Å². The van der Waals surface area contributed by atoms with Crippen molar-refractivity contribution in [1.82, 2.24) is 10.2 Å². The van der Waals surface area contributed by atoms with Gasteiger partial charge in [0.15, 0.2) is 0 Å². The third-order valence-electron chi connectivity index (χ3n) is 7.82. The van der Waals surface area contributed by atoms with Crippen LogP contribution in [0.25, 0.3) is 0 Å². The zero-order valence-electron chi connectivity index (χ0n) is 27.2. The van der Waals surface area contributed by atoms with E-state index in [2.05, 4.69) is 5.32 Å². The highest BCUT2D eigenvalue weighted by atomic mass is 35.5. The Hall–Kier alpha value is -3.85. The zero-order chi connectivity index (χ0) is 34.1. The van der Waals surface area contributed by atoms with E-state index in [0.29, 0.717) is 27.8 Å². The van der Waals surface area contributed by atoms with Gasteiger partial charge in [0.1, 0.15) is 12.6 Å². The Balaban J connectivity index is 1.83. The van der Waals surface area contributed by atoms with E-state index >= 15 is 0 Å². The highest BCUT2D eigenvalue weighted by molar-refractivity contribution is 7.92. The largest absolute Gasteiger partial charge is 0.354 e. The van der Waals surface area contributed by atoms with Crippen LogP contribution >= 0.6 is 23.2 Å². The molecule has 0 heterocycles. The molecule has 0 fully saturated rings. The van der Waals surface area contributed by atoms with Crippen LogP contribution < -0.4 is 9.62 Å². The number of nitrogens with zero attached hydrogens (tertiary/aromatic N) is 2. The van der Waals surface area contributed by atoms with E-state index in [-0.39, 0.29) is 23.8 Å². The Kier molecular flexibility index (Phi) is 12.5. The molecule has 1 atom stereocenters. The van der Waals surface area contributed by atoms with E-state index in [1.54, 1.807) is 42.5 Å². The molecule has 4 aromatic carbocycles. The number of nitrogens with one attached hydrogen (secondary N) is 1. The van der Waals surface area contributed by atoms with Gasteiger partial charge >= 0.3 is 0 Å². The number of aryl methyl sites for hydroxylation is 3. The monoisotopic (exact) mass is 693 g/mol. The molecule has 0 aliphatic carbocycles. The summed E-state index contributed by atoms with van der Waals surface area (Å²) in [4.78, 5) is 30.0. The molecule has 0 aliphatic rings. The summed E-state index contributed by atoms with van der Waals surface area (Å²) >= 11 is 12.6. The minimum atomic E-state index is -4.19. The van der Waals surface area contributed by atoms with Gasteiger partial charge < -0.3 is 10.2 Å². The lowest BCUT2D eigenvalue weighted by Crippen LogP contribution is -2.53. The molecule has 0 saturated carbocycles. The predicted octanol–water partition coefficient (Wildman–Crippen LogP) is 7.67. The minimum Gasteiger partial charge on any atom is -0.354 e. The summed E-state index contributed by atoms with van der Waals surface area (Å²) in [5.41, 5.74) is 4.46. The number of amides is 2. The van der Waals surface area contributed by atoms with Gasteiger partial charge in [0, 0.05) is 19.5 Å². The molecule has 4 rings (SSSR count). The summed E-state index contributed by atoms with van der Waals surface area (Å²) in [6, 6.07) is 25.5. The van der Waals surface area contributed by atoms with Crippen molar-refractivity contribution in [1.29, 1.82) is 0 Å². The number of rotatable bonds is 14. The van der Waals surface area contributed by atoms with Gasteiger partial charge in [0.25, 0.3) is 10.0 Å². The molecule has 0 aromatic heterocycles. The number of benzene rings is 4. The third-order valence-corrected chi connectivity index (χ3v) is 10.3. The molecule has 2 amide bonds. The van der Waals surface area contributed by atoms with Crippen molar-refractivity contribution in [2.45, 2.75) is 64.4 Å². The molecule has 0 spiro atoms. The standard InChI is InChI=1S/C37H41Cl2N3O4S/c1-5-6-18-40-37(44)35(23-29-10-8-7-9-11-29)41(24-30-14-17-33(38)34(39)22-30)36(43)25-42(31-20-27(3)19-28(4)21-31)47(45,46)32-15-12-26(2)13-16-32/h7-17,19-22,35H,5-6,18,23-25H2,1-4H3,(H,40,44). The average Bonchev–Trinajstić information content (AvgIpc) is 3.03. The minimum absolute atomic E-state index is 0.000313. The topological polar surface area (TPSA) is 86.8 Å². The van der Waals surface area contributed by atoms with Gasteiger partial charge in [-0.1, -0.05) is 96.7 Å². The van der Waals surface area contributed by atoms with Crippen LogP contribution in [0.5, 0.6) is 0 Å². The van der Waals surface area contributed by atoms with E-state index in [0.717, 1.165) is 39.4 Å². The van der Waals surface area contributed by atoms with Crippen LogP contribution in [0.4, 0.5) is 5.69 Å². The van der Waals surface area contributed by atoms with Crippen molar-refractivity contribution in [2.24, 2.45) is 0 Å². The smallest absolute Gasteiger partial charge is 0.264 e. The lowest BCUT2D eigenvalue weighted by Gasteiger charge is -2.34. The summed E-state index contributed by atoms with van der Waals surface area (Å²) in [6.07, 6.45) is 1.89. The number of carbonyl (C=O) groups excluding carboxylic acids is 2. The lowest BCUT2D eigenvalue weighted by molar-refractivity contribution is -0.140. The number of unbranched alkanes of at least 4 members (excludes halogenated alkanes) is 1. The fraction of sp³-hybridized carbons (Fsp3) is 0.297. The van der Waals surface area contributed by atoms with Crippen molar-refractivity contribution in [2.75, 3.05) is 17.4 Å². The summed E-state index contributed by atoms with van der Waals surface area (Å²) < 4.78 is 29.7. The molecule has 10 heteroatoms. The van der Waals surface area contributed by atoms with Crippen molar-refractivity contribution in [3.8, 4) is 0 Å². The fourth-order valence-electron chi connectivity index (χ4n) is 5.36. The highest BCUT2D eigenvalue weighted by Gasteiger charge is 2.34. The molecule has 7 nitrogen and oxygen atoms in total. The number of hydrogen-bond acceptors (Lipinski definition) is 4. The van der Waals surface area contributed by atoms with Gasteiger partial charge in [0.2, 0.25) is 11.8 Å². The van der Waals surface area contributed by atoms with Crippen molar-refractivity contribution < 1.29 is 18.0 Å². The highest BCUT2D eigenvalue weighted by Crippen LogP contribution is 2.28. The first-order valence-corrected chi connectivity index (χ1v) is 17.8. The van der Waals surface area contributed by atoms with Gasteiger partial charge in [-0.15, -0.1) is 0 Å². The van der Waals surface area contributed by atoms with E-state index in [9.17, 15) is 18.0 Å². The maximum absolute atomic E-state index is 14.6. The maximum atomic E-state index is 14.6. The number of sulfonamides is 1. The fourth-order valence-corrected chi connectivity index (χ4v) is 7.07. The average molecular weight is 695 g/mol. The summed E-state index contributed by atoms with van der Waals surface area (Å²) in [5, 5.41) is 3.66.